The summed E-state index contributed by atoms with van der Waals surface area (Å²) in [5.41, 5.74) is 1.06. The van der Waals surface area contributed by atoms with Crippen LogP contribution in [-0.2, 0) is 11.3 Å². The first-order chi connectivity index (χ1) is 13.3. The van der Waals surface area contributed by atoms with E-state index >= 15 is 0 Å². The van der Waals surface area contributed by atoms with Gasteiger partial charge in [0, 0.05) is 24.7 Å². The normalized spacial score (nSPS) is 22.5. The van der Waals surface area contributed by atoms with Gasteiger partial charge in [0.2, 0.25) is 5.91 Å². The number of benzene rings is 1. The number of likely N-dealkylation sites (tertiary alicyclic amines) is 1. The van der Waals surface area contributed by atoms with Gasteiger partial charge in [-0.1, -0.05) is 54.9 Å². The van der Waals surface area contributed by atoms with Crippen LogP contribution in [0.5, 0.6) is 0 Å². The molecule has 1 saturated heterocycles. The summed E-state index contributed by atoms with van der Waals surface area (Å²) >= 11 is 1.53. The lowest BCUT2D eigenvalue weighted by atomic mass is 9.78. The highest BCUT2D eigenvalue weighted by molar-refractivity contribution is 7.99. The van der Waals surface area contributed by atoms with Crippen LogP contribution < -0.4 is 0 Å². The van der Waals surface area contributed by atoms with Crippen molar-refractivity contribution in [3.8, 4) is 11.4 Å². The fourth-order valence-electron chi connectivity index (χ4n) is 4.62. The van der Waals surface area contributed by atoms with E-state index in [-0.39, 0.29) is 5.91 Å². The second-order valence-corrected chi connectivity index (χ2v) is 8.49. The van der Waals surface area contributed by atoms with Crippen LogP contribution in [0.2, 0.25) is 0 Å². The Bertz CT molecular complexity index is 774. The van der Waals surface area contributed by atoms with Gasteiger partial charge in [0.1, 0.15) is 0 Å². The minimum Gasteiger partial charge on any atom is -0.339 e. The van der Waals surface area contributed by atoms with Crippen molar-refractivity contribution in [1.82, 2.24) is 19.7 Å². The fraction of sp³-hybridized carbons (Fsp3) is 0.571. The molecule has 2 atom stereocenters. The number of amides is 1. The molecule has 1 aromatic heterocycles. The van der Waals surface area contributed by atoms with Crippen molar-refractivity contribution in [1.29, 1.82) is 0 Å². The van der Waals surface area contributed by atoms with Crippen LogP contribution in [0.15, 0.2) is 35.5 Å². The molecule has 27 heavy (non-hydrogen) atoms. The number of piperidine rings is 1. The summed E-state index contributed by atoms with van der Waals surface area (Å²) in [6.07, 6.45) is 7.53. The Morgan fingerprint density at radius 2 is 1.89 bits per heavy atom. The summed E-state index contributed by atoms with van der Waals surface area (Å²) < 4.78 is 2.10. The maximum Gasteiger partial charge on any atom is 0.233 e. The molecule has 144 valence electrons. The van der Waals surface area contributed by atoms with E-state index in [1.54, 1.807) is 0 Å². The van der Waals surface area contributed by atoms with Crippen molar-refractivity contribution >= 4 is 17.7 Å². The number of carbonyl (C=O) groups is 1. The number of aromatic nitrogens is 3. The van der Waals surface area contributed by atoms with Gasteiger partial charge in [0.15, 0.2) is 11.0 Å². The van der Waals surface area contributed by atoms with E-state index in [1.165, 1.54) is 43.9 Å². The summed E-state index contributed by atoms with van der Waals surface area (Å²) in [4.78, 5) is 15.1. The molecule has 2 aliphatic rings. The Hall–Kier alpha value is -1.82. The largest absolute Gasteiger partial charge is 0.339 e. The highest BCUT2D eigenvalue weighted by atomic mass is 32.2. The molecule has 0 bridgehead atoms. The second-order valence-electron chi connectivity index (χ2n) is 7.55. The molecule has 1 aromatic carbocycles. The summed E-state index contributed by atoms with van der Waals surface area (Å²) in [6.45, 7) is 3.82. The number of rotatable bonds is 5. The third-order valence-electron chi connectivity index (χ3n) is 5.95. The van der Waals surface area contributed by atoms with E-state index in [9.17, 15) is 4.79 Å². The predicted octanol–water partition coefficient (Wildman–Crippen LogP) is 4.24. The number of fused-ring (bicyclic) bond motifs is 1. The van der Waals surface area contributed by atoms with Crippen LogP contribution in [-0.4, -0.2) is 43.9 Å². The Balaban J connectivity index is 1.44. The molecule has 2 fully saturated rings. The third kappa shape index (κ3) is 3.91. The zero-order chi connectivity index (χ0) is 18.6. The molecule has 0 N–H and O–H groups in total. The smallest absolute Gasteiger partial charge is 0.233 e. The minimum absolute atomic E-state index is 0.267. The maximum atomic E-state index is 13.0. The molecule has 1 saturated carbocycles. The highest BCUT2D eigenvalue weighted by Crippen LogP contribution is 2.35. The van der Waals surface area contributed by atoms with Gasteiger partial charge < -0.3 is 9.47 Å². The van der Waals surface area contributed by atoms with Gasteiger partial charge in [-0.3, -0.25) is 4.79 Å². The van der Waals surface area contributed by atoms with Crippen LogP contribution in [0, 0.1) is 5.92 Å². The number of thioether (sulfide) groups is 1. The lowest BCUT2D eigenvalue weighted by Crippen LogP contribution is -2.50. The number of carbonyl (C=O) groups excluding carboxylic acids is 1. The molecule has 0 unspecified atom stereocenters. The Kier molecular flexibility index (Phi) is 5.81. The van der Waals surface area contributed by atoms with Crippen molar-refractivity contribution in [2.75, 3.05) is 12.3 Å². The van der Waals surface area contributed by atoms with Gasteiger partial charge in [-0.25, -0.2) is 0 Å². The van der Waals surface area contributed by atoms with Crippen LogP contribution in [0.1, 0.15) is 45.4 Å². The molecule has 1 amide bonds. The van der Waals surface area contributed by atoms with Gasteiger partial charge in [-0.2, -0.15) is 0 Å². The standard InChI is InChI=1S/C21H28N4OS/c1-2-24-20(17-10-4-3-5-11-17)22-23-21(24)27-15-19(26)25-14-8-12-16-9-6-7-13-18(16)25/h3-5,10-11,16,18H,2,6-9,12-15H2,1H3/t16-,18+/m1/s1. The average Bonchev–Trinajstić information content (AvgIpc) is 3.15. The molecule has 6 heteroatoms. The van der Waals surface area contributed by atoms with Crippen molar-refractivity contribution in [3.05, 3.63) is 30.3 Å². The first-order valence-electron chi connectivity index (χ1n) is 10.2. The topological polar surface area (TPSA) is 51.0 Å². The monoisotopic (exact) mass is 384 g/mol. The van der Waals surface area contributed by atoms with E-state index in [0.29, 0.717) is 11.8 Å². The Labute approximate surface area is 165 Å². The molecular weight excluding hydrogens is 356 g/mol. The average molecular weight is 385 g/mol. The predicted molar refractivity (Wildman–Crippen MR) is 109 cm³/mol. The van der Waals surface area contributed by atoms with Gasteiger partial charge in [-0.15, -0.1) is 10.2 Å². The molecular formula is C21H28N4OS. The van der Waals surface area contributed by atoms with Crippen LogP contribution in [0.4, 0.5) is 0 Å². The Morgan fingerprint density at radius 1 is 1.11 bits per heavy atom. The van der Waals surface area contributed by atoms with Gasteiger partial charge >= 0.3 is 0 Å². The summed E-state index contributed by atoms with van der Waals surface area (Å²) in [7, 11) is 0. The van der Waals surface area contributed by atoms with Crippen molar-refractivity contribution in [2.24, 2.45) is 5.92 Å². The lowest BCUT2D eigenvalue weighted by molar-refractivity contribution is -0.134. The first-order valence-corrected chi connectivity index (χ1v) is 11.2. The molecule has 0 spiro atoms. The van der Waals surface area contributed by atoms with Gasteiger partial charge in [-0.05, 0) is 38.5 Å². The quantitative estimate of drug-likeness (QED) is 0.724. The minimum atomic E-state index is 0.267. The van der Waals surface area contributed by atoms with E-state index in [2.05, 4.69) is 26.6 Å². The van der Waals surface area contributed by atoms with Crippen molar-refractivity contribution in [3.63, 3.8) is 0 Å². The van der Waals surface area contributed by atoms with Gasteiger partial charge in [0.25, 0.3) is 0 Å². The lowest BCUT2D eigenvalue weighted by Gasteiger charge is -2.44. The van der Waals surface area contributed by atoms with E-state index in [0.717, 1.165) is 42.0 Å². The molecule has 2 aromatic rings. The third-order valence-corrected chi connectivity index (χ3v) is 6.90. The fourth-order valence-corrected chi connectivity index (χ4v) is 5.51. The van der Waals surface area contributed by atoms with Crippen molar-refractivity contribution < 1.29 is 4.79 Å². The zero-order valence-corrected chi connectivity index (χ0v) is 16.8. The summed E-state index contributed by atoms with van der Waals surface area (Å²) in [5.74, 6) is 2.32. The first kappa shape index (κ1) is 18.5. The number of hydrogen-bond acceptors (Lipinski definition) is 4. The van der Waals surface area contributed by atoms with Crippen LogP contribution >= 0.6 is 11.8 Å². The highest BCUT2D eigenvalue weighted by Gasteiger charge is 2.35. The van der Waals surface area contributed by atoms with Crippen LogP contribution in [0.3, 0.4) is 0 Å². The molecule has 1 aliphatic heterocycles. The molecule has 1 aliphatic carbocycles. The van der Waals surface area contributed by atoms with Crippen LogP contribution in [0.25, 0.3) is 11.4 Å². The van der Waals surface area contributed by atoms with E-state index in [4.69, 9.17) is 0 Å². The number of hydrogen-bond donors (Lipinski definition) is 0. The SMILES string of the molecule is CCn1c(SCC(=O)N2CCC[C@H]3CCCC[C@@H]32)nnc1-c1ccccc1. The Morgan fingerprint density at radius 3 is 2.70 bits per heavy atom. The zero-order valence-electron chi connectivity index (χ0n) is 16.0. The maximum absolute atomic E-state index is 13.0. The molecule has 2 heterocycles. The molecule has 4 rings (SSSR count). The van der Waals surface area contributed by atoms with Crippen molar-refractivity contribution in [2.45, 2.75) is 63.2 Å². The molecule has 0 radical (unpaired) electrons. The summed E-state index contributed by atoms with van der Waals surface area (Å²) in [6, 6.07) is 10.6. The van der Waals surface area contributed by atoms with E-state index < -0.39 is 0 Å². The van der Waals surface area contributed by atoms with Gasteiger partial charge in [0.05, 0.1) is 5.75 Å². The second kappa shape index (κ2) is 8.46. The number of nitrogens with zero attached hydrogens (tertiary/aromatic N) is 4. The molecule has 5 nitrogen and oxygen atoms in total. The summed E-state index contributed by atoms with van der Waals surface area (Å²) in [5, 5.41) is 9.58. The van der Waals surface area contributed by atoms with E-state index in [1.807, 2.05) is 30.3 Å².